The molecule has 0 saturated carbocycles. The molecule has 0 aliphatic carbocycles. The smallest absolute Gasteiger partial charge is 0.165 e. The zero-order chi connectivity index (χ0) is 18.6. The maximum Gasteiger partial charge on any atom is 0.430 e. The van der Waals surface area contributed by atoms with Gasteiger partial charge in [-0.3, -0.25) is 0 Å². The predicted octanol–water partition coefficient (Wildman–Crippen LogP) is 5.62. The van der Waals surface area contributed by atoms with Gasteiger partial charge in [-0.15, -0.1) is 0 Å². The van der Waals surface area contributed by atoms with Gasteiger partial charge in [0.2, 0.25) is 0 Å². The average molecular weight is 392 g/mol. The van der Waals surface area contributed by atoms with E-state index >= 15 is 0 Å². The Balaban J connectivity index is 2.40. The van der Waals surface area contributed by atoms with Crippen LogP contribution >= 0.6 is 18.9 Å². The third-order valence-electron chi connectivity index (χ3n) is 4.07. The summed E-state index contributed by atoms with van der Waals surface area (Å²) in [5, 5.41) is 1.36. The summed E-state index contributed by atoms with van der Waals surface area (Å²) in [6, 6.07) is 27.8. The minimum absolute atomic E-state index is 0.819. The molecule has 0 radical (unpaired) electrons. The maximum absolute atomic E-state index is 13.3. The fourth-order valence-electron chi connectivity index (χ4n) is 2.90. The molecule has 3 rings (SSSR count). The van der Waals surface area contributed by atoms with Crippen LogP contribution in [-0.4, -0.2) is 6.18 Å². The molecule has 0 unspecified atom stereocenters. The molecule has 0 nitrogen and oxygen atoms in total. The minimum atomic E-state index is -4.59. The highest BCUT2D eigenvalue weighted by molar-refractivity contribution is 7.98. The van der Waals surface area contributed by atoms with Gasteiger partial charge in [0, 0.05) is 0 Å². The lowest BCUT2D eigenvalue weighted by molar-refractivity contribution is -0.0843. The highest BCUT2D eigenvalue weighted by Crippen LogP contribution is 2.59. The summed E-state index contributed by atoms with van der Waals surface area (Å²) in [5.41, 5.74) is 0. The third kappa shape index (κ3) is 3.70. The standard InChI is InChI=1S/C21H16ClF3P/c22-20(21(23,24)25)16-26(17-10-4-1-5-11-17,18-12-6-2-7-13-18)19-14-8-3-9-15-19/h1-16H/q+1. The first-order valence-corrected chi connectivity index (χ1v) is 10.2. The van der Waals surface area contributed by atoms with Crippen molar-refractivity contribution in [2.24, 2.45) is 0 Å². The zero-order valence-electron chi connectivity index (χ0n) is 13.7. The van der Waals surface area contributed by atoms with Crippen molar-refractivity contribution in [2.75, 3.05) is 0 Å². The van der Waals surface area contributed by atoms with Gasteiger partial charge in [0.15, 0.2) is 5.03 Å². The van der Waals surface area contributed by atoms with Crippen LogP contribution in [0.2, 0.25) is 0 Å². The summed E-state index contributed by atoms with van der Waals surface area (Å²) in [4.78, 5) is 0. The molecular weight excluding hydrogens is 376 g/mol. The van der Waals surface area contributed by atoms with E-state index in [0.717, 1.165) is 15.9 Å². The van der Waals surface area contributed by atoms with E-state index in [0.29, 0.717) is 0 Å². The molecule has 3 aromatic carbocycles. The van der Waals surface area contributed by atoms with Crippen molar-refractivity contribution in [1.29, 1.82) is 0 Å². The highest BCUT2D eigenvalue weighted by atomic mass is 35.5. The van der Waals surface area contributed by atoms with Crippen molar-refractivity contribution in [3.8, 4) is 0 Å². The summed E-state index contributed by atoms with van der Waals surface area (Å²) in [6.07, 6.45) is -4.59. The Morgan fingerprint density at radius 1 is 0.654 bits per heavy atom. The van der Waals surface area contributed by atoms with E-state index in [1.165, 1.54) is 5.82 Å². The van der Waals surface area contributed by atoms with E-state index in [9.17, 15) is 13.2 Å². The number of hydrogen-bond donors (Lipinski definition) is 0. The monoisotopic (exact) mass is 391 g/mol. The van der Waals surface area contributed by atoms with E-state index in [1.54, 1.807) is 0 Å². The van der Waals surface area contributed by atoms with E-state index in [-0.39, 0.29) is 0 Å². The Labute approximate surface area is 156 Å². The van der Waals surface area contributed by atoms with Crippen molar-refractivity contribution in [1.82, 2.24) is 0 Å². The van der Waals surface area contributed by atoms with Crippen LogP contribution in [0.25, 0.3) is 0 Å². The summed E-state index contributed by atoms with van der Waals surface area (Å²) in [7, 11) is -2.72. The van der Waals surface area contributed by atoms with Crippen molar-refractivity contribution < 1.29 is 13.2 Å². The lowest BCUT2D eigenvalue weighted by Crippen LogP contribution is -2.30. The van der Waals surface area contributed by atoms with Crippen LogP contribution in [0.15, 0.2) is 102 Å². The van der Waals surface area contributed by atoms with Gasteiger partial charge >= 0.3 is 6.18 Å². The molecular formula is C21H16ClF3P+. The molecule has 3 aromatic rings. The molecule has 0 N–H and O–H groups in total. The molecule has 0 atom stereocenters. The van der Waals surface area contributed by atoms with Crippen molar-refractivity contribution in [2.45, 2.75) is 6.18 Å². The number of benzene rings is 3. The number of hydrogen-bond acceptors (Lipinski definition) is 0. The zero-order valence-corrected chi connectivity index (χ0v) is 15.3. The van der Waals surface area contributed by atoms with E-state index in [2.05, 4.69) is 0 Å². The fraction of sp³-hybridized carbons (Fsp3) is 0.0476. The molecule has 132 valence electrons. The molecule has 0 spiro atoms. The lowest BCUT2D eigenvalue weighted by Gasteiger charge is -2.24. The van der Waals surface area contributed by atoms with Gasteiger partial charge in [0.1, 0.15) is 23.2 Å². The molecule has 5 heteroatoms. The van der Waals surface area contributed by atoms with Gasteiger partial charge in [-0.1, -0.05) is 66.2 Å². The van der Waals surface area contributed by atoms with Gasteiger partial charge in [0.25, 0.3) is 0 Å². The third-order valence-corrected chi connectivity index (χ3v) is 8.53. The topological polar surface area (TPSA) is 0 Å². The minimum Gasteiger partial charge on any atom is -0.165 e. The van der Waals surface area contributed by atoms with Crippen molar-refractivity contribution in [3.05, 3.63) is 102 Å². The largest absolute Gasteiger partial charge is 0.430 e. The van der Waals surface area contributed by atoms with Crippen LogP contribution in [0, 0.1) is 0 Å². The van der Waals surface area contributed by atoms with Crippen LogP contribution in [0.3, 0.4) is 0 Å². The number of rotatable bonds is 4. The number of allylic oxidation sites excluding steroid dienone is 1. The van der Waals surface area contributed by atoms with Crippen LogP contribution < -0.4 is 15.9 Å². The molecule has 0 amide bonds. The second kappa shape index (κ2) is 7.65. The average Bonchev–Trinajstić information content (AvgIpc) is 2.67. The normalized spacial score (nSPS) is 12.8. The second-order valence-electron chi connectivity index (χ2n) is 5.70. The molecule has 0 aliphatic heterocycles. The summed E-state index contributed by atoms with van der Waals surface area (Å²) >= 11 is 5.75. The van der Waals surface area contributed by atoms with Crippen molar-refractivity contribution in [3.63, 3.8) is 0 Å². The van der Waals surface area contributed by atoms with Crippen LogP contribution in [0.5, 0.6) is 0 Å². The Morgan fingerprint density at radius 3 is 1.23 bits per heavy atom. The first-order chi connectivity index (χ1) is 12.4. The first-order valence-electron chi connectivity index (χ1n) is 7.96. The SMILES string of the molecule is FC(F)(F)C(Cl)=C[P+](c1ccccc1)(c1ccccc1)c1ccccc1. The molecule has 0 bridgehead atoms. The predicted molar refractivity (Wildman–Crippen MR) is 105 cm³/mol. The number of alkyl halides is 3. The Hall–Kier alpha value is -2.09. The summed E-state index contributed by atoms with van der Waals surface area (Å²) in [6.45, 7) is 0. The summed E-state index contributed by atoms with van der Waals surface area (Å²) < 4.78 is 40.0. The molecule has 0 saturated heterocycles. The molecule has 26 heavy (non-hydrogen) atoms. The van der Waals surface area contributed by atoms with Crippen LogP contribution in [0.1, 0.15) is 0 Å². The first kappa shape index (κ1) is 18.7. The molecule has 0 heterocycles. The Morgan fingerprint density at radius 2 is 0.962 bits per heavy atom. The quantitative estimate of drug-likeness (QED) is 0.506. The van der Waals surface area contributed by atoms with Crippen LogP contribution in [-0.2, 0) is 0 Å². The second-order valence-corrected chi connectivity index (χ2v) is 9.36. The number of halogens is 4. The van der Waals surface area contributed by atoms with Gasteiger partial charge in [-0.2, -0.15) is 13.2 Å². The van der Waals surface area contributed by atoms with Gasteiger partial charge < -0.3 is 0 Å². The Kier molecular flexibility index (Phi) is 5.50. The summed E-state index contributed by atoms with van der Waals surface area (Å²) in [5.74, 6) is 1.22. The van der Waals surface area contributed by atoms with Crippen molar-refractivity contribution >= 4 is 34.8 Å². The fourth-order valence-corrected chi connectivity index (χ4v) is 7.10. The van der Waals surface area contributed by atoms with Gasteiger partial charge in [0.05, 0.1) is 5.82 Å². The highest BCUT2D eigenvalue weighted by Gasteiger charge is 2.47. The molecule has 0 aromatic heterocycles. The van der Waals surface area contributed by atoms with Crippen LogP contribution in [0.4, 0.5) is 13.2 Å². The lowest BCUT2D eigenvalue weighted by atomic mass is 10.4. The molecule has 0 aliphatic rings. The van der Waals surface area contributed by atoms with E-state index in [1.807, 2.05) is 91.0 Å². The van der Waals surface area contributed by atoms with Gasteiger partial charge in [-0.25, -0.2) is 0 Å². The van der Waals surface area contributed by atoms with Gasteiger partial charge in [-0.05, 0) is 36.4 Å². The molecule has 0 fully saturated rings. The van der Waals surface area contributed by atoms with E-state index < -0.39 is 18.5 Å². The Bertz CT molecular complexity index is 779. The van der Waals surface area contributed by atoms with E-state index in [4.69, 9.17) is 11.6 Å². The maximum atomic E-state index is 13.3.